The van der Waals surface area contributed by atoms with Gasteiger partial charge < -0.3 is 30.2 Å². The van der Waals surface area contributed by atoms with Gasteiger partial charge in [0.2, 0.25) is 0 Å². The van der Waals surface area contributed by atoms with Crippen molar-refractivity contribution in [3.8, 4) is 11.8 Å². The number of amides is 4. The zero-order valence-corrected chi connectivity index (χ0v) is 31.8. The molecular formula is C42H47N9O5. The Hall–Kier alpha value is -5.81. The van der Waals surface area contributed by atoms with Gasteiger partial charge in [0.15, 0.2) is 5.78 Å². The number of hydrogen-bond donors (Lipinski definition) is 1. The number of hydrogen-bond acceptors (Lipinski definition) is 10. The maximum absolute atomic E-state index is 13.2. The van der Waals surface area contributed by atoms with Crippen LogP contribution in [0.5, 0.6) is 0 Å². The molecule has 1 aromatic heterocycles. The monoisotopic (exact) mass is 757 g/mol. The number of urea groups is 1. The van der Waals surface area contributed by atoms with Crippen LogP contribution in [0.1, 0.15) is 75.3 Å². The highest BCUT2D eigenvalue weighted by Crippen LogP contribution is 2.31. The second-order valence-electron chi connectivity index (χ2n) is 15.4. The smallest absolute Gasteiger partial charge is 0.320 e. The zero-order chi connectivity index (χ0) is 38.9. The van der Waals surface area contributed by atoms with Gasteiger partial charge in [-0.3, -0.25) is 24.1 Å². The quantitative estimate of drug-likeness (QED) is 0.267. The van der Waals surface area contributed by atoms with Gasteiger partial charge in [-0.1, -0.05) is 30.0 Å². The van der Waals surface area contributed by atoms with Gasteiger partial charge in [-0.2, -0.15) is 0 Å². The van der Waals surface area contributed by atoms with E-state index in [0.717, 1.165) is 81.0 Å². The molecule has 14 nitrogen and oxygen atoms in total. The molecule has 0 spiro atoms. The third kappa shape index (κ3) is 7.55. The zero-order valence-electron chi connectivity index (χ0n) is 31.8. The second-order valence-corrected chi connectivity index (χ2v) is 15.4. The van der Waals surface area contributed by atoms with Gasteiger partial charge in [0, 0.05) is 95.6 Å². The Bertz CT molecular complexity index is 2120. The largest absolute Gasteiger partial charge is 0.369 e. The number of nitrogens with two attached hydrogens (primary N) is 1. The van der Waals surface area contributed by atoms with E-state index >= 15 is 0 Å². The Balaban J connectivity index is 0.859. The highest BCUT2D eigenvalue weighted by molar-refractivity contribution is 6.07. The second kappa shape index (κ2) is 15.7. The molecule has 1 unspecified atom stereocenters. The van der Waals surface area contributed by atoms with Crippen molar-refractivity contribution in [2.45, 2.75) is 57.2 Å². The fourth-order valence-corrected chi connectivity index (χ4v) is 8.66. The Kier molecular flexibility index (Phi) is 10.4. The minimum absolute atomic E-state index is 0.0550. The number of Topliss-reactive ketones (excluding diaryl/α,β-unsaturated/α-hetero) is 2. The minimum Gasteiger partial charge on any atom is -0.369 e. The molecule has 5 heterocycles. The molecule has 56 heavy (non-hydrogen) atoms. The van der Waals surface area contributed by atoms with Crippen molar-refractivity contribution in [2.24, 2.45) is 5.73 Å². The molecule has 3 aromatic rings. The van der Waals surface area contributed by atoms with Gasteiger partial charge in [0.25, 0.3) is 11.8 Å². The maximum atomic E-state index is 13.2. The van der Waals surface area contributed by atoms with Crippen LogP contribution in [0.4, 0.5) is 16.3 Å². The van der Waals surface area contributed by atoms with Crippen LogP contribution in [0.25, 0.3) is 0 Å². The van der Waals surface area contributed by atoms with E-state index in [4.69, 9.17) is 10.7 Å². The summed E-state index contributed by atoms with van der Waals surface area (Å²) in [5.74, 6) is 6.30. The number of piperazine rings is 1. The Morgan fingerprint density at radius 3 is 2.45 bits per heavy atom. The Labute approximate surface area is 326 Å². The number of benzene rings is 2. The Morgan fingerprint density at radius 1 is 0.911 bits per heavy atom. The van der Waals surface area contributed by atoms with E-state index in [1.54, 1.807) is 22.1 Å². The first-order chi connectivity index (χ1) is 27.1. The van der Waals surface area contributed by atoms with Crippen LogP contribution in [-0.4, -0.2) is 137 Å². The number of anilines is 2. The number of nitrogens with zero attached hydrogens (tertiary/aromatic N) is 8. The van der Waals surface area contributed by atoms with E-state index in [2.05, 4.69) is 55.8 Å². The summed E-state index contributed by atoms with van der Waals surface area (Å²) in [6.45, 7) is 7.27. The topological polar surface area (TPSA) is 157 Å². The van der Waals surface area contributed by atoms with E-state index < -0.39 is 11.9 Å². The normalized spacial score (nSPS) is 21.8. The molecule has 290 valence electrons. The van der Waals surface area contributed by atoms with Gasteiger partial charge in [0.05, 0.1) is 36.9 Å². The molecular weight excluding hydrogens is 711 g/mol. The first-order valence-electron chi connectivity index (χ1n) is 19.6. The molecule has 1 aliphatic carbocycles. The third-order valence-corrected chi connectivity index (χ3v) is 11.9. The number of aromatic nitrogens is 2. The molecule has 1 saturated carbocycles. The van der Waals surface area contributed by atoms with Crippen LogP contribution in [-0.2, 0) is 22.6 Å². The molecule has 2 atom stereocenters. The standard InChI is InChI=1S/C42H47N9O5/c1-46-17-22-50(42(46)56)31-7-4-16-49(26-31)38-25-44-39(40(43)54)35(45-38)23-28-9-11-30(12-10-28)48-20-18-47(19-21-48)15-3-6-29-5-2-8-33-34(29)27-51(41(33)55)36-14-13-32(52)24-37(36)53/h2,5,8-12,25,31,36H,4,7,13-24,26-27H2,1H3,(H2,43,54)/t31-,36?/m0/s1. The van der Waals surface area contributed by atoms with Crippen LogP contribution in [0.3, 0.4) is 0 Å². The maximum Gasteiger partial charge on any atom is 0.320 e. The van der Waals surface area contributed by atoms with Crippen molar-refractivity contribution in [1.29, 1.82) is 0 Å². The highest BCUT2D eigenvalue weighted by atomic mass is 16.2. The van der Waals surface area contributed by atoms with E-state index in [-0.39, 0.29) is 41.7 Å². The molecule has 8 rings (SSSR count). The van der Waals surface area contributed by atoms with Crippen LogP contribution >= 0.6 is 0 Å². The van der Waals surface area contributed by atoms with Gasteiger partial charge >= 0.3 is 6.03 Å². The van der Waals surface area contributed by atoms with Crippen LogP contribution in [0, 0.1) is 11.8 Å². The van der Waals surface area contributed by atoms with Gasteiger partial charge in [-0.25, -0.2) is 14.8 Å². The van der Waals surface area contributed by atoms with Crippen LogP contribution < -0.4 is 15.5 Å². The number of ketones is 2. The van der Waals surface area contributed by atoms with Gasteiger partial charge in [-0.15, -0.1) is 0 Å². The van der Waals surface area contributed by atoms with Crippen molar-refractivity contribution in [2.75, 3.05) is 75.8 Å². The van der Waals surface area contributed by atoms with E-state index in [0.29, 0.717) is 56.0 Å². The summed E-state index contributed by atoms with van der Waals surface area (Å²) in [5, 5.41) is 0. The molecule has 2 aromatic carbocycles. The molecule has 3 saturated heterocycles. The number of fused-ring (bicyclic) bond motifs is 1. The molecule has 0 bridgehead atoms. The number of carbonyl (C=O) groups is 5. The molecule has 0 radical (unpaired) electrons. The van der Waals surface area contributed by atoms with Crippen molar-refractivity contribution >= 4 is 40.9 Å². The van der Waals surface area contributed by atoms with Gasteiger partial charge in [0.1, 0.15) is 17.3 Å². The predicted molar refractivity (Wildman–Crippen MR) is 209 cm³/mol. The molecule has 2 N–H and O–H groups in total. The first-order valence-corrected chi connectivity index (χ1v) is 19.6. The lowest BCUT2D eigenvalue weighted by molar-refractivity contribution is -0.133. The molecule has 4 fully saturated rings. The average Bonchev–Trinajstić information content (AvgIpc) is 3.72. The molecule has 14 heteroatoms. The number of carbonyl (C=O) groups excluding carboxylic acids is 5. The highest BCUT2D eigenvalue weighted by Gasteiger charge is 2.40. The number of rotatable bonds is 8. The summed E-state index contributed by atoms with van der Waals surface area (Å²) >= 11 is 0. The molecule has 4 amide bonds. The summed E-state index contributed by atoms with van der Waals surface area (Å²) in [6.07, 6.45) is 4.54. The summed E-state index contributed by atoms with van der Waals surface area (Å²) in [7, 11) is 1.84. The van der Waals surface area contributed by atoms with Crippen molar-refractivity contribution < 1.29 is 24.0 Å². The lowest BCUT2D eigenvalue weighted by Gasteiger charge is -2.37. The minimum atomic E-state index is -0.609. The summed E-state index contributed by atoms with van der Waals surface area (Å²) in [4.78, 5) is 84.1. The SMILES string of the molecule is CN1CCN([C@H]2CCCN(c3cnc(C(N)=O)c(Cc4ccc(N5CCN(CC#Cc6cccc7c6CN(C6CCC(=O)CC6=O)C7=O)CC5)cc4)n3)C2)C1=O. The predicted octanol–water partition coefficient (Wildman–Crippen LogP) is 2.32. The fourth-order valence-electron chi connectivity index (χ4n) is 8.66. The lowest BCUT2D eigenvalue weighted by atomic mass is 9.92. The summed E-state index contributed by atoms with van der Waals surface area (Å²) in [5.41, 5.74) is 10.8. The van der Waals surface area contributed by atoms with E-state index in [1.165, 1.54) is 0 Å². The van der Waals surface area contributed by atoms with Crippen LogP contribution in [0.15, 0.2) is 48.7 Å². The van der Waals surface area contributed by atoms with Crippen molar-refractivity contribution in [3.05, 3.63) is 82.3 Å². The van der Waals surface area contributed by atoms with Crippen molar-refractivity contribution in [1.82, 2.24) is 29.6 Å². The Morgan fingerprint density at radius 2 is 1.71 bits per heavy atom. The molecule has 4 aliphatic heterocycles. The molecule has 5 aliphatic rings. The van der Waals surface area contributed by atoms with Gasteiger partial charge in [-0.05, 0) is 54.7 Å². The van der Waals surface area contributed by atoms with Crippen molar-refractivity contribution in [3.63, 3.8) is 0 Å². The fraction of sp³-hybridized carbons (Fsp3) is 0.452. The number of primary amides is 1. The number of likely N-dealkylation sites (N-methyl/N-ethyl adjacent to an activating group) is 1. The lowest BCUT2D eigenvalue weighted by Crippen LogP contribution is -2.49. The average molecular weight is 758 g/mol. The van der Waals surface area contributed by atoms with E-state index in [1.807, 2.05) is 24.1 Å². The summed E-state index contributed by atoms with van der Waals surface area (Å²) in [6, 6.07) is 13.5. The van der Waals surface area contributed by atoms with E-state index in [9.17, 15) is 24.0 Å². The van der Waals surface area contributed by atoms with Crippen LogP contribution in [0.2, 0.25) is 0 Å². The first kappa shape index (κ1) is 37.1. The summed E-state index contributed by atoms with van der Waals surface area (Å²) < 4.78 is 0. The third-order valence-electron chi connectivity index (χ3n) is 11.9. The number of piperidine rings is 1.